The summed E-state index contributed by atoms with van der Waals surface area (Å²) >= 11 is 12.1. The lowest BCUT2D eigenvalue weighted by molar-refractivity contribution is 0.0949. The molecule has 1 aromatic heterocycles. The first-order valence-corrected chi connectivity index (χ1v) is 14.0. The predicted octanol–water partition coefficient (Wildman–Crippen LogP) is 7.12. The molecule has 0 radical (unpaired) electrons. The van der Waals surface area contributed by atoms with Crippen LogP contribution in [0.4, 0.5) is 4.79 Å². The SMILES string of the molecule is O=C(NC1CCC(CCN2CCC(Oc3ccc(Cl)c(Cl)c3)CC2)CC1)Oc1ccnc2ccccc12. The zero-order valence-corrected chi connectivity index (χ0v) is 22.4. The number of nitrogens with zero attached hydrogens (tertiary/aromatic N) is 2. The second-order valence-corrected chi connectivity index (χ2v) is 10.9. The first-order valence-electron chi connectivity index (χ1n) is 13.2. The van der Waals surface area contributed by atoms with Gasteiger partial charge in [-0.3, -0.25) is 4.98 Å². The molecule has 1 amide bonds. The minimum atomic E-state index is -0.384. The van der Waals surface area contributed by atoms with E-state index in [0.717, 1.165) is 74.8 Å². The van der Waals surface area contributed by atoms with Crippen molar-refractivity contribution in [1.82, 2.24) is 15.2 Å². The van der Waals surface area contributed by atoms with E-state index in [4.69, 9.17) is 32.7 Å². The number of pyridine rings is 1. The van der Waals surface area contributed by atoms with Crippen LogP contribution in [0.1, 0.15) is 44.9 Å². The number of para-hydroxylation sites is 1. The van der Waals surface area contributed by atoms with Gasteiger partial charge >= 0.3 is 6.09 Å². The highest BCUT2D eigenvalue weighted by atomic mass is 35.5. The van der Waals surface area contributed by atoms with E-state index in [-0.39, 0.29) is 18.2 Å². The van der Waals surface area contributed by atoms with E-state index < -0.39 is 0 Å². The number of nitrogens with one attached hydrogen (secondary N) is 1. The van der Waals surface area contributed by atoms with Crippen molar-refractivity contribution >= 4 is 40.2 Å². The van der Waals surface area contributed by atoms with Gasteiger partial charge in [0.2, 0.25) is 0 Å². The van der Waals surface area contributed by atoms with E-state index in [2.05, 4.69) is 15.2 Å². The van der Waals surface area contributed by atoms with Crippen LogP contribution in [0.25, 0.3) is 10.9 Å². The Bertz CT molecular complexity index is 1200. The van der Waals surface area contributed by atoms with E-state index in [1.165, 1.54) is 6.42 Å². The minimum Gasteiger partial charge on any atom is -0.490 e. The number of carbonyl (C=O) groups is 1. The Balaban J connectivity index is 0.989. The smallest absolute Gasteiger partial charge is 0.412 e. The molecular formula is C29H33Cl2N3O3. The van der Waals surface area contributed by atoms with Crippen LogP contribution in [0.2, 0.25) is 10.0 Å². The van der Waals surface area contributed by atoms with Gasteiger partial charge in [0, 0.05) is 36.8 Å². The largest absolute Gasteiger partial charge is 0.490 e. The Morgan fingerprint density at radius 1 is 0.973 bits per heavy atom. The monoisotopic (exact) mass is 541 g/mol. The summed E-state index contributed by atoms with van der Waals surface area (Å²) in [5, 5.41) is 4.99. The van der Waals surface area contributed by atoms with Gasteiger partial charge in [-0.05, 0) is 87.7 Å². The van der Waals surface area contributed by atoms with Gasteiger partial charge in [0.1, 0.15) is 17.6 Å². The molecule has 6 nitrogen and oxygen atoms in total. The van der Waals surface area contributed by atoms with Gasteiger partial charge in [0.15, 0.2) is 0 Å². The molecule has 0 spiro atoms. The molecule has 1 saturated carbocycles. The molecule has 0 bridgehead atoms. The highest BCUT2D eigenvalue weighted by Gasteiger charge is 2.25. The summed E-state index contributed by atoms with van der Waals surface area (Å²) in [7, 11) is 0. The average molecular weight is 543 g/mol. The zero-order chi connectivity index (χ0) is 25.6. The maximum absolute atomic E-state index is 12.5. The highest BCUT2D eigenvalue weighted by molar-refractivity contribution is 6.42. The van der Waals surface area contributed by atoms with Gasteiger partial charge in [-0.25, -0.2) is 4.79 Å². The van der Waals surface area contributed by atoms with Crippen molar-refractivity contribution in [2.45, 2.75) is 57.1 Å². The maximum atomic E-state index is 12.5. The lowest BCUT2D eigenvalue weighted by Crippen LogP contribution is -2.41. The van der Waals surface area contributed by atoms with Crippen molar-refractivity contribution in [1.29, 1.82) is 0 Å². The molecule has 1 saturated heterocycles. The summed E-state index contributed by atoms with van der Waals surface area (Å²) in [6.07, 6.45) is 9.02. The van der Waals surface area contributed by atoms with Gasteiger partial charge in [-0.15, -0.1) is 0 Å². The third-order valence-corrected chi connectivity index (χ3v) is 8.30. The fraction of sp³-hybridized carbons (Fsp3) is 0.448. The van der Waals surface area contributed by atoms with Gasteiger partial charge in [-0.1, -0.05) is 35.3 Å². The standard InChI is InChI=1S/C29H33Cl2N3O3/c30-25-10-9-23(19-26(25)31)36-22-13-17-34(18-14-22)16-12-20-5-7-21(8-6-20)33-29(35)37-28-11-15-32-27-4-2-1-3-24(27)28/h1-4,9-11,15,19-22H,5-8,12-14,16-18H2,(H,33,35). The first-order chi connectivity index (χ1) is 18.0. The number of halogens is 2. The normalized spacial score (nSPS) is 21.0. The van der Waals surface area contributed by atoms with Crippen LogP contribution >= 0.6 is 23.2 Å². The topological polar surface area (TPSA) is 63.7 Å². The van der Waals surface area contributed by atoms with Crippen LogP contribution < -0.4 is 14.8 Å². The van der Waals surface area contributed by atoms with Crippen LogP contribution in [0.3, 0.4) is 0 Å². The third-order valence-electron chi connectivity index (χ3n) is 7.56. The van der Waals surface area contributed by atoms with Crippen LogP contribution in [-0.2, 0) is 0 Å². The summed E-state index contributed by atoms with van der Waals surface area (Å²) in [4.78, 5) is 19.4. The lowest BCUT2D eigenvalue weighted by Gasteiger charge is -2.34. The molecule has 2 aromatic carbocycles. The second kappa shape index (κ2) is 12.3. The van der Waals surface area contributed by atoms with Crippen molar-refractivity contribution in [3.05, 3.63) is 64.8 Å². The first kappa shape index (κ1) is 26.1. The van der Waals surface area contributed by atoms with Crippen LogP contribution in [0, 0.1) is 5.92 Å². The molecule has 37 heavy (non-hydrogen) atoms. The summed E-state index contributed by atoms with van der Waals surface area (Å²) in [6.45, 7) is 3.23. The predicted molar refractivity (Wildman–Crippen MR) is 148 cm³/mol. The summed E-state index contributed by atoms with van der Waals surface area (Å²) in [5.41, 5.74) is 0.816. The number of rotatable bonds is 7. The number of benzene rings is 2. The summed E-state index contributed by atoms with van der Waals surface area (Å²) < 4.78 is 11.7. The molecule has 5 rings (SSSR count). The number of likely N-dealkylation sites (tertiary alicyclic amines) is 1. The summed E-state index contributed by atoms with van der Waals surface area (Å²) in [5.74, 6) is 2.04. The minimum absolute atomic E-state index is 0.172. The Kier molecular flexibility index (Phi) is 8.70. The third kappa shape index (κ3) is 7.07. The number of hydrogen-bond donors (Lipinski definition) is 1. The Labute approximate surface area is 228 Å². The Morgan fingerprint density at radius 3 is 2.54 bits per heavy atom. The van der Waals surface area contributed by atoms with Gasteiger partial charge in [0.05, 0.1) is 15.6 Å². The molecule has 3 aromatic rings. The number of amides is 1. The summed E-state index contributed by atoms with van der Waals surface area (Å²) in [6, 6.07) is 15.0. The van der Waals surface area contributed by atoms with Crippen molar-refractivity contribution in [2.75, 3.05) is 19.6 Å². The van der Waals surface area contributed by atoms with Crippen molar-refractivity contribution < 1.29 is 14.3 Å². The fourth-order valence-corrected chi connectivity index (χ4v) is 5.70. The quantitative estimate of drug-likeness (QED) is 0.344. The van der Waals surface area contributed by atoms with E-state index >= 15 is 0 Å². The highest BCUT2D eigenvalue weighted by Crippen LogP contribution is 2.30. The number of fused-ring (bicyclic) bond motifs is 1. The molecule has 196 valence electrons. The molecule has 0 unspecified atom stereocenters. The fourth-order valence-electron chi connectivity index (χ4n) is 5.41. The van der Waals surface area contributed by atoms with Crippen molar-refractivity contribution in [2.24, 2.45) is 5.92 Å². The van der Waals surface area contributed by atoms with Crippen LogP contribution in [-0.4, -0.2) is 47.8 Å². The molecule has 1 aliphatic carbocycles. The maximum Gasteiger partial charge on any atom is 0.412 e. The number of ether oxygens (including phenoxy) is 2. The number of carbonyl (C=O) groups excluding carboxylic acids is 1. The van der Waals surface area contributed by atoms with E-state index in [0.29, 0.717) is 21.7 Å². The molecule has 2 heterocycles. The van der Waals surface area contributed by atoms with Gasteiger partial charge in [-0.2, -0.15) is 0 Å². The van der Waals surface area contributed by atoms with Crippen molar-refractivity contribution in [3.63, 3.8) is 0 Å². The molecular weight excluding hydrogens is 509 g/mol. The number of hydrogen-bond acceptors (Lipinski definition) is 5. The number of aromatic nitrogens is 1. The molecule has 1 N–H and O–H groups in total. The molecule has 8 heteroatoms. The van der Waals surface area contributed by atoms with Gasteiger partial charge in [0.25, 0.3) is 0 Å². The lowest BCUT2D eigenvalue weighted by atomic mass is 9.84. The van der Waals surface area contributed by atoms with Gasteiger partial charge < -0.3 is 19.7 Å². The van der Waals surface area contributed by atoms with E-state index in [9.17, 15) is 4.79 Å². The van der Waals surface area contributed by atoms with Crippen LogP contribution in [0.5, 0.6) is 11.5 Å². The van der Waals surface area contributed by atoms with E-state index in [1.54, 1.807) is 24.4 Å². The van der Waals surface area contributed by atoms with E-state index in [1.807, 2.05) is 30.3 Å². The Morgan fingerprint density at radius 2 is 1.76 bits per heavy atom. The molecule has 1 aliphatic heterocycles. The molecule has 0 atom stereocenters. The van der Waals surface area contributed by atoms with Crippen LogP contribution in [0.15, 0.2) is 54.7 Å². The second-order valence-electron chi connectivity index (χ2n) is 10.1. The number of piperidine rings is 1. The molecule has 2 fully saturated rings. The Hall–Kier alpha value is -2.54. The zero-order valence-electron chi connectivity index (χ0n) is 20.9. The van der Waals surface area contributed by atoms with Crippen molar-refractivity contribution in [3.8, 4) is 11.5 Å². The average Bonchev–Trinajstić information content (AvgIpc) is 2.91. The molecule has 2 aliphatic rings.